The molecule has 1 rings (SSSR count). The number of sulfonamides is 1. The third kappa shape index (κ3) is 3.60. The van der Waals surface area contributed by atoms with Crippen LogP contribution in [0.25, 0.3) is 0 Å². The number of hydrogen-bond acceptors (Lipinski definition) is 2. The Morgan fingerprint density at radius 2 is 1.87 bits per heavy atom. The highest BCUT2D eigenvalue weighted by Crippen LogP contribution is 2.13. The van der Waals surface area contributed by atoms with Gasteiger partial charge in [-0.1, -0.05) is 12.1 Å². The van der Waals surface area contributed by atoms with Crippen LogP contribution in [0, 0.1) is 5.82 Å². The summed E-state index contributed by atoms with van der Waals surface area (Å²) in [5.41, 5.74) is 0.744. The molecule has 0 unspecified atom stereocenters. The lowest BCUT2D eigenvalue weighted by Crippen LogP contribution is -2.28. The van der Waals surface area contributed by atoms with Crippen LogP contribution in [0.3, 0.4) is 0 Å². The van der Waals surface area contributed by atoms with Gasteiger partial charge in [-0.3, -0.25) is 0 Å². The molecule has 0 heterocycles. The molecule has 0 amide bonds. The molecule has 0 aromatic heterocycles. The second-order valence-electron chi connectivity index (χ2n) is 3.29. The van der Waals surface area contributed by atoms with Crippen molar-refractivity contribution in [2.24, 2.45) is 0 Å². The zero-order chi connectivity index (χ0) is 11.5. The summed E-state index contributed by atoms with van der Waals surface area (Å²) >= 11 is 0. The second-order valence-corrected chi connectivity index (χ2v) is 5.34. The van der Waals surface area contributed by atoms with Gasteiger partial charge in [-0.25, -0.2) is 17.5 Å². The predicted octanol–water partition coefficient (Wildman–Crippen LogP) is 1.83. The molecule has 84 valence electrons. The monoisotopic (exact) mass is 231 g/mol. The van der Waals surface area contributed by atoms with E-state index in [2.05, 4.69) is 4.72 Å². The van der Waals surface area contributed by atoms with Crippen molar-refractivity contribution < 1.29 is 12.8 Å². The van der Waals surface area contributed by atoms with Crippen LogP contribution in [0.2, 0.25) is 0 Å². The number of halogens is 1. The summed E-state index contributed by atoms with van der Waals surface area (Å²) in [6.45, 7) is 3.29. The number of hydrogen-bond donors (Lipinski definition) is 1. The summed E-state index contributed by atoms with van der Waals surface area (Å²) in [5, 5.41) is 0. The molecule has 0 bridgehead atoms. The Morgan fingerprint density at radius 1 is 1.33 bits per heavy atom. The van der Waals surface area contributed by atoms with E-state index in [9.17, 15) is 12.8 Å². The lowest BCUT2D eigenvalue weighted by Gasteiger charge is -2.13. The molecule has 0 fully saturated rings. The van der Waals surface area contributed by atoms with Crippen LogP contribution in [0.1, 0.15) is 25.5 Å². The fourth-order valence-electron chi connectivity index (χ4n) is 1.17. The molecule has 0 aliphatic heterocycles. The molecule has 5 heteroatoms. The van der Waals surface area contributed by atoms with E-state index < -0.39 is 10.0 Å². The van der Waals surface area contributed by atoms with E-state index in [1.807, 2.05) is 0 Å². The summed E-state index contributed by atoms with van der Waals surface area (Å²) in [7, 11) is -3.22. The lowest BCUT2D eigenvalue weighted by molar-refractivity contribution is 0.567. The molecule has 1 N–H and O–H groups in total. The molecular formula is C10H14FNO2S. The maximum absolute atomic E-state index is 12.6. The third-order valence-electron chi connectivity index (χ3n) is 2.11. The van der Waals surface area contributed by atoms with Gasteiger partial charge in [0.25, 0.3) is 0 Å². The van der Waals surface area contributed by atoms with Crippen LogP contribution in [0.15, 0.2) is 24.3 Å². The van der Waals surface area contributed by atoms with Gasteiger partial charge in [0, 0.05) is 6.04 Å². The Labute approximate surface area is 89.4 Å². The normalized spacial score (nSPS) is 13.8. The van der Waals surface area contributed by atoms with E-state index >= 15 is 0 Å². The topological polar surface area (TPSA) is 46.2 Å². The van der Waals surface area contributed by atoms with E-state index in [1.165, 1.54) is 12.1 Å². The van der Waals surface area contributed by atoms with Crippen molar-refractivity contribution in [3.05, 3.63) is 35.6 Å². The van der Waals surface area contributed by atoms with Gasteiger partial charge in [-0.15, -0.1) is 0 Å². The van der Waals surface area contributed by atoms with E-state index in [4.69, 9.17) is 0 Å². The van der Waals surface area contributed by atoms with Gasteiger partial charge in [0.05, 0.1) is 5.75 Å². The quantitative estimate of drug-likeness (QED) is 0.859. The minimum atomic E-state index is -3.22. The number of benzene rings is 1. The summed E-state index contributed by atoms with van der Waals surface area (Å²) < 4.78 is 37.6. The third-order valence-corrected chi connectivity index (χ3v) is 3.58. The maximum Gasteiger partial charge on any atom is 0.211 e. The number of rotatable bonds is 4. The van der Waals surface area contributed by atoms with Crippen molar-refractivity contribution in [2.75, 3.05) is 5.75 Å². The molecule has 0 spiro atoms. The van der Waals surface area contributed by atoms with Gasteiger partial charge >= 0.3 is 0 Å². The first-order chi connectivity index (χ1) is 6.94. The van der Waals surface area contributed by atoms with Crippen molar-refractivity contribution in [2.45, 2.75) is 19.9 Å². The molecule has 0 aliphatic carbocycles. The summed E-state index contributed by atoms with van der Waals surface area (Å²) in [6.07, 6.45) is 0. The van der Waals surface area contributed by atoms with Gasteiger partial charge in [0.15, 0.2) is 0 Å². The van der Waals surface area contributed by atoms with Crippen molar-refractivity contribution in [3.8, 4) is 0 Å². The first kappa shape index (κ1) is 12.1. The molecule has 0 saturated heterocycles. The smallest absolute Gasteiger partial charge is 0.211 e. The fraction of sp³-hybridized carbons (Fsp3) is 0.400. The van der Waals surface area contributed by atoms with Crippen molar-refractivity contribution in [1.82, 2.24) is 4.72 Å². The lowest BCUT2D eigenvalue weighted by atomic mass is 10.1. The zero-order valence-electron chi connectivity index (χ0n) is 8.70. The Balaban J connectivity index is 2.78. The minimum absolute atomic E-state index is 0.0402. The molecule has 1 aromatic rings. The largest absolute Gasteiger partial charge is 0.212 e. The van der Waals surface area contributed by atoms with E-state index in [0.29, 0.717) is 0 Å². The maximum atomic E-state index is 12.6. The van der Waals surface area contributed by atoms with Crippen LogP contribution in [-0.2, 0) is 10.0 Å². The Bertz CT molecular complexity index is 414. The van der Waals surface area contributed by atoms with Gasteiger partial charge in [-0.05, 0) is 31.5 Å². The highest BCUT2D eigenvalue weighted by Gasteiger charge is 2.13. The summed E-state index contributed by atoms with van der Waals surface area (Å²) in [5.74, 6) is -0.289. The van der Waals surface area contributed by atoms with Gasteiger partial charge in [-0.2, -0.15) is 0 Å². The molecule has 0 aliphatic rings. The van der Waals surface area contributed by atoms with Crippen molar-refractivity contribution >= 4 is 10.0 Å². The molecule has 1 aromatic carbocycles. The molecule has 0 saturated carbocycles. The minimum Gasteiger partial charge on any atom is -0.212 e. The predicted molar refractivity (Wildman–Crippen MR) is 57.4 cm³/mol. The first-order valence-corrected chi connectivity index (χ1v) is 6.35. The Kier molecular flexibility index (Phi) is 3.82. The molecular weight excluding hydrogens is 217 g/mol. The standard InChI is InChI=1S/C10H14FNO2S/c1-3-15(13,14)12-8(2)9-4-6-10(11)7-5-9/h4-8,12H,3H2,1-2H3/t8-/m1/s1. The van der Waals surface area contributed by atoms with E-state index in [1.54, 1.807) is 26.0 Å². The zero-order valence-corrected chi connectivity index (χ0v) is 9.51. The Morgan fingerprint density at radius 3 is 2.33 bits per heavy atom. The van der Waals surface area contributed by atoms with Crippen molar-refractivity contribution in [3.63, 3.8) is 0 Å². The van der Waals surface area contributed by atoms with E-state index in [0.717, 1.165) is 5.56 Å². The molecule has 3 nitrogen and oxygen atoms in total. The van der Waals surface area contributed by atoms with Gasteiger partial charge in [0.1, 0.15) is 5.82 Å². The fourth-order valence-corrected chi connectivity index (χ4v) is 2.01. The number of nitrogens with one attached hydrogen (secondary N) is 1. The average molecular weight is 231 g/mol. The van der Waals surface area contributed by atoms with Crippen LogP contribution < -0.4 is 4.72 Å². The van der Waals surface area contributed by atoms with Crippen LogP contribution in [-0.4, -0.2) is 14.2 Å². The van der Waals surface area contributed by atoms with Gasteiger partial charge in [0.2, 0.25) is 10.0 Å². The van der Waals surface area contributed by atoms with Crippen LogP contribution >= 0.6 is 0 Å². The SMILES string of the molecule is CCS(=O)(=O)N[C@H](C)c1ccc(F)cc1. The van der Waals surface area contributed by atoms with Crippen molar-refractivity contribution in [1.29, 1.82) is 0 Å². The van der Waals surface area contributed by atoms with Gasteiger partial charge < -0.3 is 0 Å². The molecule has 0 radical (unpaired) electrons. The summed E-state index contributed by atoms with van der Waals surface area (Å²) in [4.78, 5) is 0. The van der Waals surface area contributed by atoms with Crippen LogP contribution in [0.4, 0.5) is 4.39 Å². The Hall–Kier alpha value is -0.940. The van der Waals surface area contributed by atoms with E-state index in [-0.39, 0.29) is 17.6 Å². The second kappa shape index (κ2) is 4.72. The van der Waals surface area contributed by atoms with Crippen LogP contribution in [0.5, 0.6) is 0 Å². The summed E-state index contributed by atoms with van der Waals surface area (Å²) in [6, 6.07) is 5.42. The highest BCUT2D eigenvalue weighted by atomic mass is 32.2. The average Bonchev–Trinajstić information content (AvgIpc) is 2.18. The molecule has 1 atom stereocenters. The first-order valence-electron chi connectivity index (χ1n) is 4.70. The highest BCUT2D eigenvalue weighted by molar-refractivity contribution is 7.89. The molecule has 15 heavy (non-hydrogen) atoms.